The maximum absolute atomic E-state index is 13.2. The Hall–Kier alpha value is -4.45. The highest BCUT2D eigenvalue weighted by Gasteiger charge is 2.44. The Kier molecular flexibility index (Phi) is 6.86. The van der Waals surface area contributed by atoms with E-state index in [4.69, 9.17) is 15.5 Å². The number of benzene rings is 1. The molecule has 5 heterocycles. The number of nitrogen functional groups attached to an aromatic ring is 1. The van der Waals surface area contributed by atoms with Crippen LogP contribution in [0.2, 0.25) is 0 Å². The van der Waals surface area contributed by atoms with Gasteiger partial charge in [-0.2, -0.15) is 0 Å². The minimum Gasteiger partial charge on any atom is -0.382 e. The molecule has 2 amide bonds. The molecule has 41 heavy (non-hydrogen) atoms. The van der Waals surface area contributed by atoms with Crippen molar-refractivity contribution in [2.24, 2.45) is 5.41 Å². The van der Waals surface area contributed by atoms with Crippen LogP contribution in [-0.4, -0.2) is 62.4 Å². The summed E-state index contributed by atoms with van der Waals surface area (Å²) >= 11 is 0. The van der Waals surface area contributed by atoms with E-state index in [0.717, 1.165) is 30.4 Å². The van der Waals surface area contributed by atoms with Crippen molar-refractivity contribution in [3.63, 3.8) is 0 Å². The van der Waals surface area contributed by atoms with Crippen molar-refractivity contribution in [1.29, 1.82) is 0 Å². The highest BCUT2D eigenvalue weighted by molar-refractivity contribution is 6.04. The van der Waals surface area contributed by atoms with Crippen LogP contribution in [0.15, 0.2) is 55.0 Å². The predicted octanol–water partition coefficient (Wildman–Crippen LogP) is 4.31. The molecule has 3 aromatic heterocycles. The SMILES string of the molecule is CC1(C(=O)N2CCCC(c3nc(-c4ccc(C(=O)Nc5ccc(C(F)F)cn5)cc4)c4c(N)nccn34)C2)COC1. The fourth-order valence-corrected chi connectivity index (χ4v) is 5.44. The van der Waals surface area contributed by atoms with Crippen LogP contribution < -0.4 is 11.1 Å². The van der Waals surface area contributed by atoms with Crippen LogP contribution in [-0.2, 0) is 9.53 Å². The monoisotopic (exact) mass is 561 g/mol. The number of anilines is 2. The number of hydrogen-bond acceptors (Lipinski definition) is 7. The summed E-state index contributed by atoms with van der Waals surface area (Å²) in [6.07, 6.45) is 3.60. The fourth-order valence-electron chi connectivity index (χ4n) is 5.44. The lowest BCUT2D eigenvalue weighted by molar-refractivity contribution is -0.169. The number of piperidine rings is 1. The van der Waals surface area contributed by atoms with Gasteiger partial charge < -0.3 is 20.7 Å². The highest BCUT2D eigenvalue weighted by atomic mass is 19.3. The minimum absolute atomic E-state index is 0.00866. The van der Waals surface area contributed by atoms with E-state index in [1.165, 1.54) is 12.1 Å². The average Bonchev–Trinajstić information content (AvgIpc) is 3.37. The van der Waals surface area contributed by atoms with Gasteiger partial charge in [-0.25, -0.2) is 23.7 Å². The van der Waals surface area contributed by atoms with Crippen LogP contribution in [0.25, 0.3) is 16.8 Å². The van der Waals surface area contributed by atoms with Gasteiger partial charge in [0.25, 0.3) is 12.3 Å². The van der Waals surface area contributed by atoms with Gasteiger partial charge in [0.1, 0.15) is 28.7 Å². The third-order valence-corrected chi connectivity index (χ3v) is 7.74. The Morgan fingerprint density at radius 1 is 1.15 bits per heavy atom. The molecule has 1 atom stereocenters. The topological polar surface area (TPSA) is 128 Å². The number of likely N-dealkylation sites (tertiary alicyclic amines) is 1. The molecule has 2 fully saturated rings. The molecular formula is C29H29F2N7O3. The summed E-state index contributed by atoms with van der Waals surface area (Å²) in [7, 11) is 0. The molecule has 0 bridgehead atoms. The number of nitrogens with zero attached hydrogens (tertiary/aromatic N) is 5. The lowest BCUT2D eigenvalue weighted by Crippen LogP contribution is -2.55. The number of ether oxygens (including phenoxy) is 1. The van der Waals surface area contributed by atoms with Crippen LogP contribution in [0.3, 0.4) is 0 Å². The number of amides is 2. The lowest BCUT2D eigenvalue weighted by Gasteiger charge is -2.42. The summed E-state index contributed by atoms with van der Waals surface area (Å²) in [6, 6.07) is 9.40. The summed E-state index contributed by atoms with van der Waals surface area (Å²) in [5.41, 5.74) is 8.03. The van der Waals surface area contributed by atoms with E-state index in [1.54, 1.807) is 30.5 Å². The van der Waals surface area contributed by atoms with Gasteiger partial charge in [0.05, 0.1) is 18.6 Å². The Morgan fingerprint density at radius 3 is 2.59 bits per heavy atom. The van der Waals surface area contributed by atoms with Gasteiger partial charge in [0.15, 0.2) is 0 Å². The lowest BCUT2D eigenvalue weighted by atomic mass is 9.85. The van der Waals surface area contributed by atoms with E-state index in [-0.39, 0.29) is 23.2 Å². The average molecular weight is 562 g/mol. The third-order valence-electron chi connectivity index (χ3n) is 7.74. The molecule has 3 N–H and O–H groups in total. The number of nitrogens with one attached hydrogen (secondary N) is 1. The van der Waals surface area contributed by atoms with Crippen LogP contribution in [0.5, 0.6) is 0 Å². The number of nitrogens with two attached hydrogens (primary N) is 1. The summed E-state index contributed by atoms with van der Waals surface area (Å²) in [4.78, 5) is 41.0. The van der Waals surface area contributed by atoms with Crippen molar-refractivity contribution >= 4 is 29.0 Å². The van der Waals surface area contributed by atoms with Gasteiger partial charge >= 0.3 is 0 Å². The number of carbonyl (C=O) groups is 2. The highest BCUT2D eigenvalue weighted by Crippen LogP contribution is 2.36. The first-order valence-electron chi connectivity index (χ1n) is 13.4. The minimum atomic E-state index is -2.63. The summed E-state index contributed by atoms with van der Waals surface area (Å²) in [5, 5.41) is 2.62. The number of aromatic nitrogens is 4. The zero-order valence-corrected chi connectivity index (χ0v) is 22.4. The molecule has 1 aromatic carbocycles. The number of alkyl halides is 2. The van der Waals surface area contributed by atoms with Crippen LogP contribution in [0.4, 0.5) is 20.4 Å². The smallest absolute Gasteiger partial charge is 0.265 e. The summed E-state index contributed by atoms with van der Waals surface area (Å²) in [5.74, 6) is 0.994. The molecule has 2 aliphatic rings. The molecule has 212 valence electrons. The molecule has 10 nitrogen and oxygen atoms in total. The summed E-state index contributed by atoms with van der Waals surface area (Å²) in [6.45, 7) is 4.10. The van der Waals surface area contributed by atoms with E-state index < -0.39 is 17.7 Å². The van der Waals surface area contributed by atoms with Crippen molar-refractivity contribution in [3.8, 4) is 11.3 Å². The second-order valence-corrected chi connectivity index (χ2v) is 10.8. The van der Waals surface area contributed by atoms with E-state index in [0.29, 0.717) is 48.9 Å². The number of pyridine rings is 1. The number of rotatable bonds is 6. The number of hydrogen-bond donors (Lipinski definition) is 2. The van der Waals surface area contributed by atoms with E-state index in [2.05, 4.69) is 15.3 Å². The fraction of sp³-hybridized carbons (Fsp3) is 0.345. The van der Waals surface area contributed by atoms with Gasteiger partial charge in [-0.05, 0) is 44.0 Å². The van der Waals surface area contributed by atoms with E-state index in [1.807, 2.05) is 22.4 Å². The van der Waals surface area contributed by atoms with Gasteiger partial charge in [-0.1, -0.05) is 12.1 Å². The van der Waals surface area contributed by atoms with Crippen molar-refractivity contribution < 1.29 is 23.1 Å². The first-order chi connectivity index (χ1) is 19.7. The van der Waals surface area contributed by atoms with Gasteiger partial charge in [0.2, 0.25) is 5.91 Å². The molecule has 6 rings (SSSR count). The number of fused-ring (bicyclic) bond motifs is 1. The molecule has 12 heteroatoms. The van der Waals surface area contributed by atoms with Crippen molar-refractivity contribution in [2.45, 2.75) is 32.1 Å². The van der Waals surface area contributed by atoms with Crippen LogP contribution in [0, 0.1) is 5.41 Å². The third kappa shape index (κ3) is 4.99. The zero-order chi connectivity index (χ0) is 28.7. The predicted molar refractivity (Wildman–Crippen MR) is 147 cm³/mol. The Balaban J connectivity index is 1.25. The first-order valence-corrected chi connectivity index (χ1v) is 13.4. The first kappa shape index (κ1) is 26.8. The molecule has 0 saturated carbocycles. The largest absolute Gasteiger partial charge is 0.382 e. The summed E-state index contributed by atoms with van der Waals surface area (Å²) < 4.78 is 32.8. The van der Waals surface area contributed by atoms with Crippen molar-refractivity contribution in [2.75, 3.05) is 37.4 Å². The molecular weight excluding hydrogens is 532 g/mol. The van der Waals surface area contributed by atoms with Crippen molar-refractivity contribution in [3.05, 3.63) is 71.9 Å². The molecule has 0 spiro atoms. The van der Waals surface area contributed by atoms with Crippen LogP contribution >= 0.6 is 0 Å². The quantitative estimate of drug-likeness (QED) is 0.359. The Bertz CT molecular complexity index is 1600. The normalized spacial score (nSPS) is 18.3. The van der Waals surface area contributed by atoms with Crippen molar-refractivity contribution in [1.82, 2.24) is 24.3 Å². The number of carbonyl (C=O) groups excluding carboxylic acids is 2. The second kappa shape index (κ2) is 10.5. The number of imidazole rings is 1. The second-order valence-electron chi connectivity index (χ2n) is 10.8. The maximum Gasteiger partial charge on any atom is 0.265 e. The molecule has 1 unspecified atom stereocenters. The molecule has 4 aromatic rings. The zero-order valence-electron chi connectivity index (χ0n) is 22.4. The Labute approximate surface area is 234 Å². The van der Waals surface area contributed by atoms with E-state index >= 15 is 0 Å². The van der Waals surface area contributed by atoms with Gasteiger partial charge in [-0.3, -0.25) is 14.0 Å². The maximum atomic E-state index is 13.2. The van der Waals surface area contributed by atoms with Crippen LogP contribution in [0.1, 0.15) is 53.9 Å². The number of halogens is 2. The standard InChI is InChI=1S/C29H29F2N7O3/c1-29(15-41-16-29)28(40)37-11-2-3-20(14-37)26-36-22(23-25(32)33-10-12-38(23)26)17-4-6-18(7-5-17)27(39)35-21-9-8-19(13-34-21)24(30)31/h4-10,12-13,20,24H,2-3,11,14-16H2,1H3,(H2,32,33)(H,34,35,39). The van der Waals surface area contributed by atoms with Gasteiger partial charge in [-0.15, -0.1) is 0 Å². The van der Waals surface area contributed by atoms with E-state index in [9.17, 15) is 18.4 Å². The van der Waals surface area contributed by atoms with Gasteiger partial charge in [0, 0.05) is 54.3 Å². The molecule has 2 aliphatic heterocycles. The molecule has 2 saturated heterocycles. The molecule has 0 radical (unpaired) electrons. The Morgan fingerprint density at radius 2 is 1.93 bits per heavy atom. The molecule has 0 aliphatic carbocycles.